The molecule has 35 heavy (non-hydrogen) atoms. The van der Waals surface area contributed by atoms with Crippen LogP contribution in [0.1, 0.15) is 29.2 Å². The molecular formula is C24H27N7O4. The van der Waals surface area contributed by atoms with Crippen LogP contribution < -0.4 is 10.6 Å². The Bertz CT molecular complexity index is 1410. The fraction of sp³-hybridized carbons (Fsp3) is 0.417. The second-order valence-electron chi connectivity index (χ2n) is 9.00. The van der Waals surface area contributed by atoms with Crippen LogP contribution in [0.5, 0.6) is 0 Å². The minimum atomic E-state index is -0.615. The molecule has 0 unspecified atom stereocenters. The summed E-state index contributed by atoms with van der Waals surface area (Å²) in [5.41, 5.74) is 3.10. The summed E-state index contributed by atoms with van der Waals surface area (Å²) in [5, 5.41) is 22.0. The minimum Gasteiger partial charge on any atom is -0.388 e. The quantitative estimate of drug-likeness (QED) is 0.382. The van der Waals surface area contributed by atoms with Crippen LogP contribution in [0.3, 0.4) is 0 Å². The van der Waals surface area contributed by atoms with Crippen LogP contribution in [0, 0.1) is 0 Å². The average Bonchev–Trinajstić information content (AvgIpc) is 3.57. The van der Waals surface area contributed by atoms with Gasteiger partial charge in [-0.1, -0.05) is 0 Å². The van der Waals surface area contributed by atoms with E-state index < -0.39 is 6.10 Å². The lowest BCUT2D eigenvalue weighted by molar-refractivity contribution is 0.00732. The SMILES string of the molecule is CNc1cc(-c2cn([C@H]3COC[C@@H]3O)c3ncccc23)nc2c(C(=O)N[C@@H]3CC[C@H]3OC)cnn12. The van der Waals surface area contributed by atoms with Gasteiger partial charge in [0, 0.05) is 43.6 Å². The number of carbonyl (C=O) groups is 1. The number of aliphatic hydroxyl groups excluding tert-OH is 1. The number of nitrogens with one attached hydrogen (secondary N) is 2. The molecule has 1 amide bonds. The summed E-state index contributed by atoms with van der Waals surface area (Å²) in [4.78, 5) is 22.6. The highest BCUT2D eigenvalue weighted by Gasteiger charge is 2.33. The zero-order valence-electron chi connectivity index (χ0n) is 19.5. The molecule has 0 aromatic carbocycles. The van der Waals surface area contributed by atoms with Crippen molar-refractivity contribution < 1.29 is 19.4 Å². The Morgan fingerprint density at radius 2 is 2.17 bits per heavy atom. The zero-order valence-corrected chi connectivity index (χ0v) is 19.5. The molecule has 1 saturated carbocycles. The number of pyridine rings is 1. The number of amides is 1. The summed E-state index contributed by atoms with van der Waals surface area (Å²) in [6, 6.07) is 5.49. The van der Waals surface area contributed by atoms with Gasteiger partial charge in [0.05, 0.1) is 43.3 Å². The molecule has 2 aliphatic rings. The molecule has 1 saturated heterocycles. The van der Waals surface area contributed by atoms with Crippen LogP contribution in [0.4, 0.5) is 5.82 Å². The summed E-state index contributed by atoms with van der Waals surface area (Å²) >= 11 is 0. The average molecular weight is 478 g/mol. The van der Waals surface area contributed by atoms with Crippen LogP contribution in [-0.4, -0.2) is 80.8 Å². The molecule has 1 aliphatic carbocycles. The van der Waals surface area contributed by atoms with E-state index in [9.17, 15) is 9.90 Å². The normalized spacial score (nSPS) is 24.1. The Hall–Kier alpha value is -3.54. The van der Waals surface area contributed by atoms with Crippen molar-refractivity contribution in [2.75, 3.05) is 32.7 Å². The van der Waals surface area contributed by atoms with Crippen molar-refractivity contribution in [1.82, 2.24) is 29.5 Å². The van der Waals surface area contributed by atoms with Gasteiger partial charge >= 0.3 is 0 Å². The van der Waals surface area contributed by atoms with Crippen molar-refractivity contribution in [3.63, 3.8) is 0 Å². The molecule has 1 aliphatic heterocycles. The first-order valence-corrected chi connectivity index (χ1v) is 11.7. The molecule has 11 nitrogen and oxygen atoms in total. The highest BCUT2D eigenvalue weighted by molar-refractivity contribution is 6.01. The van der Waals surface area contributed by atoms with Gasteiger partial charge < -0.3 is 29.8 Å². The van der Waals surface area contributed by atoms with E-state index in [1.54, 1.807) is 31.1 Å². The summed E-state index contributed by atoms with van der Waals surface area (Å²) in [6.07, 6.45) is 6.45. The van der Waals surface area contributed by atoms with Gasteiger partial charge in [0.15, 0.2) is 5.65 Å². The van der Waals surface area contributed by atoms with E-state index in [2.05, 4.69) is 20.7 Å². The summed E-state index contributed by atoms with van der Waals surface area (Å²) < 4.78 is 14.5. The maximum absolute atomic E-state index is 13.1. The van der Waals surface area contributed by atoms with Crippen molar-refractivity contribution >= 4 is 28.4 Å². The van der Waals surface area contributed by atoms with Crippen molar-refractivity contribution in [3.8, 4) is 11.3 Å². The first-order chi connectivity index (χ1) is 17.1. The Balaban J connectivity index is 1.45. The summed E-state index contributed by atoms with van der Waals surface area (Å²) in [7, 11) is 3.46. The highest BCUT2D eigenvalue weighted by atomic mass is 16.5. The van der Waals surface area contributed by atoms with Gasteiger partial charge in [-0.3, -0.25) is 4.79 Å². The second-order valence-corrected chi connectivity index (χ2v) is 9.00. The monoisotopic (exact) mass is 477 g/mol. The van der Waals surface area contributed by atoms with Crippen LogP contribution in [0.25, 0.3) is 27.9 Å². The van der Waals surface area contributed by atoms with Crippen molar-refractivity contribution in [1.29, 1.82) is 0 Å². The van der Waals surface area contributed by atoms with Crippen LogP contribution in [0.15, 0.2) is 36.8 Å². The summed E-state index contributed by atoms with van der Waals surface area (Å²) in [6.45, 7) is 0.700. The largest absolute Gasteiger partial charge is 0.388 e. The number of aliphatic hydroxyl groups is 1. The van der Waals surface area contributed by atoms with Crippen molar-refractivity contribution in [2.45, 2.75) is 37.1 Å². The minimum absolute atomic E-state index is 0.0153. The molecule has 5 heterocycles. The molecule has 4 aromatic rings. The Morgan fingerprint density at radius 1 is 1.29 bits per heavy atom. The number of hydrogen-bond donors (Lipinski definition) is 3. The lowest BCUT2D eigenvalue weighted by Crippen LogP contribution is -2.51. The van der Waals surface area contributed by atoms with E-state index in [1.165, 1.54) is 0 Å². The molecule has 182 valence electrons. The van der Waals surface area contributed by atoms with Crippen LogP contribution >= 0.6 is 0 Å². The number of nitrogens with zero attached hydrogens (tertiary/aromatic N) is 5. The number of rotatable bonds is 6. The molecule has 4 aromatic heterocycles. The van der Waals surface area contributed by atoms with Gasteiger partial charge in [-0.15, -0.1) is 0 Å². The molecular weight excluding hydrogens is 450 g/mol. The van der Waals surface area contributed by atoms with Gasteiger partial charge in [-0.05, 0) is 25.0 Å². The third-order valence-corrected chi connectivity index (χ3v) is 7.05. The van der Waals surface area contributed by atoms with Crippen molar-refractivity contribution in [2.24, 2.45) is 0 Å². The molecule has 4 atom stereocenters. The van der Waals surface area contributed by atoms with Gasteiger partial charge in [0.25, 0.3) is 5.91 Å². The lowest BCUT2D eigenvalue weighted by atomic mass is 9.89. The van der Waals surface area contributed by atoms with Gasteiger partial charge in [0.1, 0.15) is 23.1 Å². The van der Waals surface area contributed by atoms with E-state index in [1.807, 2.05) is 29.0 Å². The maximum Gasteiger partial charge on any atom is 0.257 e. The lowest BCUT2D eigenvalue weighted by Gasteiger charge is -2.35. The maximum atomic E-state index is 13.1. The third-order valence-electron chi connectivity index (χ3n) is 7.05. The molecule has 0 bridgehead atoms. The standard InChI is InChI=1S/C24H27N7O4/c1-25-21-8-17(15-10-30(18-11-35-12-19(18)32)22-13(15)4-3-7-26-22)28-23-14(9-27-31(21)23)24(33)29-16-5-6-20(16)34-2/h3-4,7-10,16,18-20,25,32H,5-6,11-12H2,1-2H3,(H,29,33)/t16-,18+,19+,20-/m1/s1. The number of anilines is 1. The topological polar surface area (TPSA) is 128 Å². The number of ether oxygens (including phenoxy) is 2. The molecule has 3 N–H and O–H groups in total. The summed E-state index contributed by atoms with van der Waals surface area (Å²) in [5.74, 6) is 0.463. The Labute approximate surface area is 201 Å². The van der Waals surface area contributed by atoms with Crippen molar-refractivity contribution in [3.05, 3.63) is 42.4 Å². The van der Waals surface area contributed by atoms with Gasteiger partial charge in [0.2, 0.25) is 0 Å². The first-order valence-electron chi connectivity index (χ1n) is 11.7. The predicted octanol–water partition coefficient (Wildman–Crippen LogP) is 1.63. The van der Waals surface area contributed by atoms with E-state index >= 15 is 0 Å². The second kappa shape index (κ2) is 8.59. The zero-order chi connectivity index (χ0) is 24.1. The highest BCUT2D eigenvalue weighted by Crippen LogP contribution is 2.34. The van der Waals surface area contributed by atoms with Gasteiger partial charge in [-0.25, -0.2) is 9.97 Å². The number of fused-ring (bicyclic) bond motifs is 2. The first kappa shape index (κ1) is 22.0. The molecule has 0 radical (unpaired) electrons. The van der Waals surface area contributed by atoms with E-state index in [0.29, 0.717) is 35.9 Å². The van der Waals surface area contributed by atoms with E-state index in [-0.39, 0.29) is 24.1 Å². The number of carbonyl (C=O) groups excluding carboxylic acids is 1. The predicted molar refractivity (Wildman–Crippen MR) is 128 cm³/mol. The van der Waals surface area contributed by atoms with E-state index in [4.69, 9.17) is 14.5 Å². The molecule has 11 heteroatoms. The number of aromatic nitrogens is 5. The molecule has 6 rings (SSSR count). The molecule has 2 fully saturated rings. The van der Waals surface area contributed by atoms with Crippen LogP contribution in [0.2, 0.25) is 0 Å². The number of methoxy groups -OCH3 is 1. The number of hydrogen-bond acceptors (Lipinski definition) is 8. The van der Waals surface area contributed by atoms with Crippen LogP contribution in [-0.2, 0) is 9.47 Å². The third kappa shape index (κ3) is 3.54. The van der Waals surface area contributed by atoms with Gasteiger partial charge in [-0.2, -0.15) is 9.61 Å². The molecule has 0 spiro atoms. The fourth-order valence-corrected chi connectivity index (χ4v) is 4.94. The smallest absolute Gasteiger partial charge is 0.257 e. The fourth-order valence-electron chi connectivity index (χ4n) is 4.94. The van der Waals surface area contributed by atoms with E-state index in [0.717, 1.165) is 29.4 Å². The Morgan fingerprint density at radius 3 is 2.89 bits per heavy atom. The Kier molecular flexibility index (Phi) is 5.39.